The average Bonchev–Trinajstić information content (AvgIpc) is 3.36. The van der Waals surface area contributed by atoms with Crippen molar-refractivity contribution < 1.29 is 19.5 Å². The maximum atomic E-state index is 9.60. The summed E-state index contributed by atoms with van der Waals surface area (Å²) in [6.07, 6.45) is -0.173. The molecule has 8 heteroatoms. The van der Waals surface area contributed by atoms with E-state index < -0.39 is 6.10 Å². The molecule has 0 aliphatic heterocycles. The van der Waals surface area contributed by atoms with Crippen molar-refractivity contribution in [3.8, 4) is 27.9 Å². The second-order valence-electron chi connectivity index (χ2n) is 7.94. The van der Waals surface area contributed by atoms with Gasteiger partial charge in [-0.05, 0) is 60.6 Å². The zero-order chi connectivity index (χ0) is 22.7. The zero-order valence-electron chi connectivity index (χ0n) is 18.7. The Morgan fingerprint density at radius 1 is 1.26 bits per heavy atom. The number of thiophene rings is 1. The van der Waals surface area contributed by atoms with E-state index in [0.717, 1.165) is 33.6 Å². The number of ether oxygens (including phenoxy) is 1. The van der Waals surface area contributed by atoms with Crippen LogP contribution in [0.15, 0.2) is 16.7 Å². The number of aromatic nitrogens is 2. The molecule has 2 aromatic heterocycles. The molecule has 3 rings (SSSR count). The summed E-state index contributed by atoms with van der Waals surface area (Å²) in [6, 6.07) is 3.92. The van der Waals surface area contributed by atoms with Gasteiger partial charge in [0.05, 0.1) is 11.5 Å². The molecule has 0 saturated heterocycles. The van der Waals surface area contributed by atoms with E-state index in [0.29, 0.717) is 29.9 Å². The predicted molar refractivity (Wildman–Crippen MR) is 122 cm³/mol. The van der Waals surface area contributed by atoms with E-state index in [-0.39, 0.29) is 13.2 Å². The Morgan fingerprint density at radius 2 is 2.00 bits per heavy atom. The van der Waals surface area contributed by atoms with Crippen molar-refractivity contribution in [1.82, 2.24) is 10.1 Å². The zero-order valence-corrected chi connectivity index (χ0v) is 19.5. The van der Waals surface area contributed by atoms with Crippen LogP contribution in [0.1, 0.15) is 53.8 Å². The summed E-state index contributed by atoms with van der Waals surface area (Å²) in [6.45, 7) is 10.5. The van der Waals surface area contributed by atoms with Crippen LogP contribution in [0.2, 0.25) is 0 Å². The van der Waals surface area contributed by atoms with Crippen LogP contribution in [0.25, 0.3) is 22.2 Å². The van der Waals surface area contributed by atoms with Gasteiger partial charge in [0.2, 0.25) is 5.82 Å². The topological polar surface area (TPSA) is 115 Å². The number of aryl methyl sites for hydroxylation is 3. The summed E-state index contributed by atoms with van der Waals surface area (Å²) in [7, 11) is 0. The molecule has 3 aromatic rings. The number of nitrogens with two attached hydrogens (primary N) is 1. The Bertz CT molecular complexity index is 1040. The first kappa shape index (κ1) is 23.4. The first-order valence-corrected chi connectivity index (χ1v) is 11.3. The molecule has 4 N–H and O–H groups in total. The van der Waals surface area contributed by atoms with Crippen LogP contribution in [0.3, 0.4) is 0 Å². The molecular weight excluding hydrogens is 414 g/mol. The summed E-state index contributed by atoms with van der Waals surface area (Å²) >= 11 is 1.64. The largest absolute Gasteiger partial charge is 0.490 e. The minimum Gasteiger partial charge on any atom is -0.490 e. The molecule has 168 valence electrons. The molecule has 0 aliphatic carbocycles. The Morgan fingerprint density at radius 3 is 2.61 bits per heavy atom. The van der Waals surface area contributed by atoms with Gasteiger partial charge in [0, 0.05) is 17.0 Å². The molecule has 1 aromatic carbocycles. The number of nitrogens with zero attached hydrogens (tertiary/aromatic N) is 2. The van der Waals surface area contributed by atoms with E-state index in [9.17, 15) is 5.11 Å². The molecule has 0 aliphatic rings. The first-order chi connectivity index (χ1) is 14.8. The van der Waals surface area contributed by atoms with Gasteiger partial charge in [-0.2, -0.15) is 4.98 Å². The number of hydrogen-bond acceptors (Lipinski definition) is 8. The van der Waals surface area contributed by atoms with E-state index in [2.05, 4.69) is 30.9 Å². The summed E-state index contributed by atoms with van der Waals surface area (Å²) in [4.78, 5) is 6.83. The fourth-order valence-corrected chi connectivity index (χ4v) is 5.11. The van der Waals surface area contributed by atoms with E-state index in [1.807, 2.05) is 26.0 Å². The van der Waals surface area contributed by atoms with Crippen molar-refractivity contribution in [3.63, 3.8) is 0 Å². The van der Waals surface area contributed by atoms with Crippen molar-refractivity contribution in [1.29, 1.82) is 0 Å². The van der Waals surface area contributed by atoms with Crippen LogP contribution in [0, 0.1) is 13.8 Å². The van der Waals surface area contributed by atoms with Crippen LogP contribution >= 0.6 is 11.3 Å². The Balaban J connectivity index is 1.96. The molecule has 0 amide bonds. The van der Waals surface area contributed by atoms with Gasteiger partial charge in [-0.1, -0.05) is 25.9 Å². The lowest BCUT2D eigenvalue weighted by molar-refractivity contribution is 0.0531. The van der Waals surface area contributed by atoms with Gasteiger partial charge < -0.3 is 25.2 Å². The van der Waals surface area contributed by atoms with Gasteiger partial charge >= 0.3 is 0 Å². The smallest absolute Gasteiger partial charge is 0.268 e. The number of benzene rings is 1. The fourth-order valence-electron chi connectivity index (χ4n) is 3.85. The lowest BCUT2D eigenvalue weighted by Crippen LogP contribution is -2.22. The van der Waals surface area contributed by atoms with E-state index in [1.165, 1.54) is 10.4 Å². The molecule has 0 bridgehead atoms. The molecule has 1 unspecified atom stereocenters. The van der Waals surface area contributed by atoms with Crippen LogP contribution in [0.4, 0.5) is 0 Å². The quantitative estimate of drug-likeness (QED) is 0.457. The monoisotopic (exact) mass is 445 g/mol. The highest BCUT2D eigenvalue weighted by Gasteiger charge is 2.23. The number of hydrogen-bond donors (Lipinski definition) is 3. The fraction of sp³-hybridized carbons (Fsp3) is 0.478. The van der Waals surface area contributed by atoms with Crippen LogP contribution in [-0.2, 0) is 13.0 Å². The van der Waals surface area contributed by atoms with Gasteiger partial charge in [0.1, 0.15) is 18.5 Å². The van der Waals surface area contributed by atoms with Gasteiger partial charge in [0.25, 0.3) is 5.89 Å². The van der Waals surface area contributed by atoms with Crippen molar-refractivity contribution in [2.75, 3.05) is 13.2 Å². The van der Waals surface area contributed by atoms with Crippen LogP contribution in [0.5, 0.6) is 5.75 Å². The number of aliphatic hydroxyl groups is 2. The normalized spacial score (nSPS) is 12.5. The molecule has 31 heavy (non-hydrogen) atoms. The second-order valence-corrected chi connectivity index (χ2v) is 9.17. The summed E-state index contributed by atoms with van der Waals surface area (Å²) in [5.41, 5.74) is 11.1. The lowest BCUT2D eigenvalue weighted by Gasteiger charge is -2.16. The van der Waals surface area contributed by atoms with E-state index in [4.69, 9.17) is 20.1 Å². The minimum absolute atomic E-state index is 0.0355. The van der Waals surface area contributed by atoms with Crippen molar-refractivity contribution in [3.05, 3.63) is 39.3 Å². The Hall–Kier alpha value is -2.26. The summed E-state index contributed by atoms with van der Waals surface area (Å²) < 4.78 is 11.4. The molecule has 7 nitrogen and oxygen atoms in total. The molecule has 0 spiro atoms. The maximum absolute atomic E-state index is 9.60. The van der Waals surface area contributed by atoms with E-state index in [1.54, 1.807) is 11.3 Å². The van der Waals surface area contributed by atoms with Crippen molar-refractivity contribution >= 4 is 11.3 Å². The first-order valence-electron chi connectivity index (χ1n) is 10.5. The highest BCUT2D eigenvalue weighted by atomic mass is 32.1. The Labute approximate surface area is 186 Å². The number of rotatable bonds is 9. The van der Waals surface area contributed by atoms with Gasteiger partial charge in [-0.25, -0.2) is 0 Å². The Kier molecular flexibility index (Phi) is 7.48. The molecule has 0 radical (unpaired) electrons. The van der Waals surface area contributed by atoms with Crippen LogP contribution in [-0.4, -0.2) is 39.7 Å². The molecule has 2 heterocycles. The second kappa shape index (κ2) is 9.91. The minimum atomic E-state index is -0.912. The lowest BCUT2D eigenvalue weighted by atomic mass is 9.98. The third-order valence-electron chi connectivity index (χ3n) is 5.26. The summed E-state index contributed by atoms with van der Waals surface area (Å²) in [5, 5.41) is 22.8. The highest BCUT2D eigenvalue weighted by molar-refractivity contribution is 7.15. The van der Waals surface area contributed by atoms with Gasteiger partial charge in [0.15, 0.2) is 0 Å². The molecule has 0 saturated carbocycles. The third-order valence-corrected chi connectivity index (χ3v) is 6.41. The molecular formula is C23H31N3O4S. The maximum Gasteiger partial charge on any atom is 0.268 e. The number of aliphatic hydroxyl groups excluding tert-OH is 2. The van der Waals surface area contributed by atoms with Gasteiger partial charge in [-0.3, -0.25) is 0 Å². The molecule has 0 fully saturated rings. The van der Waals surface area contributed by atoms with E-state index >= 15 is 0 Å². The van der Waals surface area contributed by atoms with Gasteiger partial charge in [-0.15, -0.1) is 11.3 Å². The SMILES string of the molecule is CCc1cc(-c2noc(-c3sc(C)c(C(C)C)c3CN)n2)cc(C)c1OCC(O)CO. The van der Waals surface area contributed by atoms with Crippen LogP contribution < -0.4 is 10.5 Å². The molecule has 1 atom stereocenters. The standard InChI is InChI=1S/C23H31N3O4S/c1-6-15-8-16(7-13(4)20(15)29-11-17(28)10-27)22-25-23(30-26-22)21-18(9-24)19(12(2)3)14(5)31-21/h7-8,12,17,27-28H,6,9-11,24H2,1-5H3. The van der Waals surface area contributed by atoms with Crippen molar-refractivity contribution in [2.45, 2.75) is 59.6 Å². The third kappa shape index (κ3) is 4.82. The summed E-state index contributed by atoms with van der Waals surface area (Å²) in [5.74, 6) is 2.08. The highest BCUT2D eigenvalue weighted by Crippen LogP contribution is 2.40. The predicted octanol–water partition coefficient (Wildman–Crippen LogP) is 3.96. The van der Waals surface area contributed by atoms with Crippen molar-refractivity contribution in [2.24, 2.45) is 5.73 Å². The average molecular weight is 446 g/mol.